The number of urea groups is 1. The molecule has 25 nitrogen and oxygen atoms in total. The monoisotopic (exact) mass is 1080 g/mol. The number of carbonyl (C=O) groups excluding carboxylic acids is 9. The summed E-state index contributed by atoms with van der Waals surface area (Å²) in [5.74, 6) is -2.45. The van der Waals surface area contributed by atoms with Gasteiger partial charge in [0.1, 0.15) is 6.04 Å². The number of carboxylic acids is 1. The number of carboxylic acid groups (broad SMARTS) is 1. The summed E-state index contributed by atoms with van der Waals surface area (Å²) in [6, 6.07) is 10.3. The molecule has 10 amide bonds. The van der Waals surface area contributed by atoms with E-state index in [-0.39, 0.29) is 132 Å². The number of nitrogens with zero attached hydrogens (tertiary/aromatic N) is 4. The topological polar surface area (TPSA) is 337 Å². The van der Waals surface area contributed by atoms with Gasteiger partial charge in [0.25, 0.3) is 17.7 Å². The molecule has 3 aliphatic rings. The third-order valence-corrected chi connectivity index (χ3v) is 12.8. The molecule has 0 unspecified atom stereocenters. The van der Waals surface area contributed by atoms with E-state index in [0.29, 0.717) is 79.4 Å². The Morgan fingerprint density at radius 3 is 1.97 bits per heavy atom. The lowest BCUT2D eigenvalue weighted by Crippen LogP contribution is -2.47. The number of unbranched alkanes of at least 4 members (excludes halogenated alkanes) is 2. The van der Waals surface area contributed by atoms with Crippen molar-refractivity contribution in [1.29, 1.82) is 0 Å². The van der Waals surface area contributed by atoms with E-state index in [1.165, 1.54) is 26.4 Å². The van der Waals surface area contributed by atoms with Gasteiger partial charge in [-0.1, -0.05) is 18.6 Å². The van der Waals surface area contributed by atoms with Crippen molar-refractivity contribution in [2.24, 2.45) is 5.73 Å². The number of methoxy groups -OCH3 is 2. The first-order chi connectivity index (χ1) is 37.5. The fourth-order valence-corrected chi connectivity index (χ4v) is 8.62. The smallest absolute Gasteiger partial charge is 0.312 e. The van der Waals surface area contributed by atoms with Gasteiger partial charge in [-0.2, -0.15) is 0 Å². The van der Waals surface area contributed by atoms with Crippen LogP contribution in [-0.4, -0.2) is 137 Å². The first-order valence-electron chi connectivity index (χ1n) is 25.6. The van der Waals surface area contributed by atoms with Gasteiger partial charge in [0.15, 0.2) is 17.2 Å². The molecule has 3 aromatic rings. The van der Waals surface area contributed by atoms with E-state index >= 15 is 0 Å². The number of nitrogens with one attached hydrogen (secondary N) is 5. The van der Waals surface area contributed by atoms with Gasteiger partial charge in [0, 0.05) is 89.2 Å². The number of fused-ring (bicyclic) bond motifs is 2. The molecule has 4 heterocycles. The van der Waals surface area contributed by atoms with Crippen molar-refractivity contribution in [3.05, 3.63) is 82.6 Å². The first kappa shape index (κ1) is 58.5. The Bertz CT molecular complexity index is 2730. The Kier molecular flexibility index (Phi) is 21.7. The van der Waals surface area contributed by atoms with Gasteiger partial charge in [-0.3, -0.25) is 48.1 Å². The average Bonchev–Trinajstić information content (AvgIpc) is 4.21. The van der Waals surface area contributed by atoms with Crippen LogP contribution < -0.4 is 51.3 Å². The molecule has 0 saturated carbocycles. The summed E-state index contributed by atoms with van der Waals surface area (Å²) >= 11 is 0. The second-order valence-corrected chi connectivity index (χ2v) is 18.6. The fraction of sp³-hybridized carbons (Fsp3) is 0.453. The van der Waals surface area contributed by atoms with Crippen molar-refractivity contribution in [3.8, 4) is 23.1 Å². The normalized spacial score (nSPS) is 13.5. The molecule has 8 N–H and O–H groups in total. The van der Waals surface area contributed by atoms with Crippen molar-refractivity contribution in [2.45, 2.75) is 109 Å². The van der Waals surface area contributed by atoms with Crippen molar-refractivity contribution in [1.82, 2.24) is 41.0 Å². The summed E-state index contributed by atoms with van der Waals surface area (Å²) in [4.78, 5) is 132. The summed E-state index contributed by atoms with van der Waals surface area (Å²) < 4.78 is 23.1. The van der Waals surface area contributed by atoms with E-state index in [1.807, 2.05) is 12.1 Å². The number of carbonyl (C=O) groups is 10. The van der Waals surface area contributed by atoms with E-state index in [1.54, 1.807) is 40.1 Å². The van der Waals surface area contributed by atoms with Crippen LogP contribution in [0, 0.1) is 0 Å². The van der Waals surface area contributed by atoms with Gasteiger partial charge in [-0.25, -0.2) is 9.78 Å². The summed E-state index contributed by atoms with van der Waals surface area (Å²) in [5.41, 5.74) is 9.49. The molecule has 418 valence electrons. The predicted molar refractivity (Wildman–Crippen MR) is 277 cm³/mol. The van der Waals surface area contributed by atoms with Crippen molar-refractivity contribution >= 4 is 64.9 Å². The van der Waals surface area contributed by atoms with E-state index in [4.69, 9.17) is 29.8 Å². The third-order valence-electron chi connectivity index (χ3n) is 12.8. The average molecular weight is 1080 g/mol. The van der Waals surface area contributed by atoms with Crippen LogP contribution in [0.5, 0.6) is 23.1 Å². The van der Waals surface area contributed by atoms with Crippen LogP contribution in [0.2, 0.25) is 0 Å². The maximum atomic E-state index is 13.4. The maximum absolute atomic E-state index is 13.4. The van der Waals surface area contributed by atoms with E-state index in [2.05, 4.69) is 31.6 Å². The van der Waals surface area contributed by atoms with Crippen molar-refractivity contribution in [3.63, 3.8) is 0 Å². The molecular weight excluding hydrogens is 1020 g/mol. The van der Waals surface area contributed by atoms with Gasteiger partial charge in [0.05, 0.1) is 52.6 Å². The highest BCUT2D eigenvalue weighted by molar-refractivity contribution is 6.12. The zero-order valence-electron chi connectivity index (χ0n) is 43.7. The summed E-state index contributed by atoms with van der Waals surface area (Å²) in [5, 5.41) is 22.1. The molecule has 3 aliphatic heterocycles. The molecule has 1 atom stereocenters. The molecule has 0 bridgehead atoms. The van der Waals surface area contributed by atoms with Crippen LogP contribution in [-0.2, 0) is 75.9 Å². The summed E-state index contributed by atoms with van der Waals surface area (Å²) in [6.45, 7) is 1.87. The largest absolute Gasteiger partial charge is 0.493 e. The number of anilines is 1. The van der Waals surface area contributed by atoms with E-state index in [0.717, 1.165) is 21.6 Å². The highest BCUT2D eigenvalue weighted by Crippen LogP contribution is 2.36. The second kappa shape index (κ2) is 28.9. The molecular formula is C53H66N10O15. The minimum absolute atomic E-state index is 0.0424. The molecule has 0 aliphatic carbocycles. The number of amides is 10. The molecule has 2 aromatic carbocycles. The van der Waals surface area contributed by atoms with Crippen LogP contribution in [0.1, 0.15) is 98.6 Å². The number of benzene rings is 2. The number of primary amides is 1. The molecule has 0 spiro atoms. The number of rotatable bonds is 31. The molecule has 25 heteroatoms. The second-order valence-electron chi connectivity index (χ2n) is 18.6. The summed E-state index contributed by atoms with van der Waals surface area (Å²) in [7, 11) is 3.02. The van der Waals surface area contributed by atoms with Gasteiger partial charge in [-0.05, 0) is 78.3 Å². The number of pyridine rings is 1. The molecule has 0 saturated heterocycles. The minimum atomic E-state index is -1.04. The van der Waals surface area contributed by atoms with Crippen LogP contribution in [0.15, 0.2) is 54.6 Å². The van der Waals surface area contributed by atoms with Crippen molar-refractivity contribution < 1.29 is 72.0 Å². The Labute approximate surface area is 449 Å². The van der Waals surface area contributed by atoms with E-state index < -0.39 is 29.9 Å². The zero-order chi connectivity index (χ0) is 56.1. The van der Waals surface area contributed by atoms with Crippen LogP contribution in [0.3, 0.4) is 0 Å². The zero-order valence-corrected chi connectivity index (χ0v) is 43.7. The molecule has 0 fully saturated rings. The molecule has 78 heavy (non-hydrogen) atoms. The van der Waals surface area contributed by atoms with Gasteiger partial charge in [-0.15, -0.1) is 0 Å². The lowest BCUT2D eigenvalue weighted by atomic mass is 10.1. The number of hydrogen-bond acceptors (Lipinski definition) is 15. The van der Waals surface area contributed by atoms with Gasteiger partial charge < -0.3 is 66.2 Å². The third kappa shape index (κ3) is 17.7. The number of nitrogens with two attached hydrogens (primary N) is 1. The number of imide groups is 1. The van der Waals surface area contributed by atoms with Crippen molar-refractivity contribution in [2.75, 3.05) is 52.4 Å². The van der Waals surface area contributed by atoms with Crippen LogP contribution >= 0.6 is 0 Å². The maximum Gasteiger partial charge on any atom is 0.312 e. The highest BCUT2D eigenvalue weighted by Gasteiger charge is 2.29. The SMILES string of the molecule is COc1cc2c(cc1OCCCOc1nc3c(cc1OC)CN(C(=O)CCC(=O)NCc1ccc(NC(=O)[C@H](CCCNC(N)=O)NC(=O)CNC(=O)CCCCCN4C(=O)C=CC4=O)cc1)C3)CN(C(=O)CCC(=O)O)C2. The molecule has 1 aromatic heterocycles. The van der Waals surface area contributed by atoms with Crippen LogP contribution in [0.25, 0.3) is 0 Å². The van der Waals surface area contributed by atoms with Crippen LogP contribution in [0.4, 0.5) is 10.5 Å². The predicted octanol–water partition coefficient (Wildman–Crippen LogP) is 2.07. The Hall–Kier alpha value is -8.77. The van der Waals surface area contributed by atoms with Gasteiger partial charge in [0.2, 0.25) is 35.4 Å². The fourth-order valence-electron chi connectivity index (χ4n) is 8.62. The lowest BCUT2D eigenvalue weighted by molar-refractivity contribution is -0.141. The van der Waals surface area contributed by atoms with Gasteiger partial charge >= 0.3 is 12.0 Å². The minimum Gasteiger partial charge on any atom is -0.493 e. The highest BCUT2D eigenvalue weighted by atomic mass is 16.5. The Morgan fingerprint density at radius 1 is 0.667 bits per heavy atom. The number of aliphatic carboxylic acids is 1. The molecule has 6 rings (SSSR count). The lowest BCUT2D eigenvalue weighted by Gasteiger charge is -2.19. The summed E-state index contributed by atoms with van der Waals surface area (Å²) in [6.07, 6.45) is 4.60. The Balaban J connectivity index is 0.880. The van der Waals surface area contributed by atoms with E-state index in [9.17, 15) is 47.9 Å². The first-order valence-corrected chi connectivity index (χ1v) is 25.6. The number of ether oxygens (including phenoxy) is 4. The quantitative estimate of drug-likeness (QED) is 0.0358. The standard InChI is InChI=1S/C53H66N10O15/c1-75-40-24-34-29-61(47(68)18-19-50(71)72)30-35(34)25-41(40)77-22-7-23-78-52-42(76-2)26-36-31-62(32-39(36)60-52)46(67)15-14-44(65)56-27-33-10-12-37(13-11-33)58-51(73)38(8-6-20-55-53(54)74)59-45(66)28-57-43(64)9-4-3-5-21-63-48(69)16-17-49(63)70/h10-13,16-17,24-26,38H,3-9,14-15,18-23,27-32H2,1-2H3,(H,56,65)(H,57,64)(H,58,73)(H,59,66)(H,71,72)(H3,54,55,74)/t38-/m0/s1. The number of aromatic nitrogens is 1. The molecule has 0 radical (unpaired) electrons. The Morgan fingerprint density at radius 2 is 1.29 bits per heavy atom. The number of hydrogen-bond donors (Lipinski definition) is 7.